The van der Waals surface area contributed by atoms with Gasteiger partial charge >= 0.3 is 0 Å². The van der Waals surface area contributed by atoms with E-state index in [1.165, 1.54) is 37.9 Å². The highest BCUT2D eigenvalue weighted by atomic mass is 16.4. The van der Waals surface area contributed by atoms with Crippen LogP contribution in [0.1, 0.15) is 44.6 Å². The highest BCUT2D eigenvalue weighted by molar-refractivity contribution is 5.62. The summed E-state index contributed by atoms with van der Waals surface area (Å²) in [5.74, 6) is 0.925. The summed E-state index contributed by atoms with van der Waals surface area (Å²) >= 11 is 0. The third-order valence-corrected chi connectivity index (χ3v) is 3.89. The van der Waals surface area contributed by atoms with Crippen LogP contribution in [-0.4, -0.2) is 41.2 Å². The summed E-state index contributed by atoms with van der Waals surface area (Å²) in [6, 6.07) is 7.83. The Morgan fingerprint density at radius 3 is 2.62 bits per heavy atom. The second kappa shape index (κ2) is 8.67. The van der Waals surface area contributed by atoms with E-state index in [9.17, 15) is 5.11 Å². The first-order valence-electron chi connectivity index (χ1n) is 7.61. The van der Waals surface area contributed by atoms with E-state index in [2.05, 4.69) is 24.9 Å². The largest absolute Gasteiger partial charge is 0.508 e. The first kappa shape index (κ1) is 17.5. The molecule has 1 aromatic carbocycles. The highest BCUT2D eigenvalue weighted by Crippen LogP contribution is 2.36. The van der Waals surface area contributed by atoms with Crippen molar-refractivity contribution >= 4 is 5.97 Å². The summed E-state index contributed by atoms with van der Waals surface area (Å²) in [5, 5.41) is 17.0. The van der Waals surface area contributed by atoms with Gasteiger partial charge in [0.25, 0.3) is 5.97 Å². The zero-order valence-corrected chi connectivity index (χ0v) is 13.2. The summed E-state index contributed by atoms with van der Waals surface area (Å²) in [7, 11) is 2.20. The van der Waals surface area contributed by atoms with Gasteiger partial charge in [-0.1, -0.05) is 25.5 Å². The zero-order chi connectivity index (χ0) is 15.8. The molecule has 2 unspecified atom stereocenters. The lowest BCUT2D eigenvalue weighted by molar-refractivity contribution is -0.134. The van der Waals surface area contributed by atoms with Gasteiger partial charge in [-0.15, -0.1) is 0 Å². The second-order valence-electron chi connectivity index (χ2n) is 5.82. The van der Waals surface area contributed by atoms with Crippen LogP contribution in [0.5, 0.6) is 5.75 Å². The number of carboxylic acids is 1. The lowest BCUT2D eigenvalue weighted by Crippen LogP contribution is -2.18. The van der Waals surface area contributed by atoms with Gasteiger partial charge < -0.3 is 15.1 Å². The zero-order valence-electron chi connectivity index (χ0n) is 13.2. The molecular weight excluding hydrogens is 266 g/mol. The molecule has 1 aromatic rings. The molecule has 0 bridgehead atoms. The van der Waals surface area contributed by atoms with Crippen LogP contribution in [0.2, 0.25) is 0 Å². The predicted molar refractivity (Wildman–Crippen MR) is 84.7 cm³/mol. The molecule has 2 atom stereocenters. The fourth-order valence-electron chi connectivity index (χ4n) is 3.04. The average Bonchev–Trinajstić information content (AvgIpc) is 2.81. The third-order valence-electron chi connectivity index (χ3n) is 3.89. The van der Waals surface area contributed by atoms with Crippen LogP contribution < -0.4 is 0 Å². The van der Waals surface area contributed by atoms with Crippen molar-refractivity contribution < 1.29 is 15.0 Å². The van der Waals surface area contributed by atoms with Crippen LogP contribution in [0, 0.1) is 5.92 Å². The molecule has 118 valence electrons. The van der Waals surface area contributed by atoms with Gasteiger partial charge in [0.2, 0.25) is 0 Å². The molecule has 1 heterocycles. The lowest BCUT2D eigenvalue weighted by atomic mass is 9.82. The number of rotatable bonds is 4. The molecule has 4 nitrogen and oxygen atoms in total. The molecule has 21 heavy (non-hydrogen) atoms. The Morgan fingerprint density at radius 1 is 1.48 bits per heavy atom. The maximum Gasteiger partial charge on any atom is 0.300 e. The Hall–Kier alpha value is -1.55. The van der Waals surface area contributed by atoms with Gasteiger partial charge in [-0.2, -0.15) is 0 Å². The molecule has 0 saturated carbocycles. The molecule has 0 spiro atoms. The molecular formula is C17H27NO3. The quantitative estimate of drug-likeness (QED) is 0.894. The van der Waals surface area contributed by atoms with Gasteiger partial charge in [-0.3, -0.25) is 4.79 Å². The van der Waals surface area contributed by atoms with Crippen LogP contribution in [0.15, 0.2) is 24.3 Å². The smallest absolute Gasteiger partial charge is 0.300 e. The Morgan fingerprint density at radius 2 is 2.14 bits per heavy atom. The minimum atomic E-state index is -0.833. The minimum Gasteiger partial charge on any atom is -0.508 e. The maximum absolute atomic E-state index is 9.61. The molecule has 1 fully saturated rings. The molecule has 1 saturated heterocycles. The molecule has 2 rings (SSSR count). The number of aliphatic carboxylic acids is 1. The maximum atomic E-state index is 9.61. The van der Waals surface area contributed by atoms with E-state index in [0.717, 1.165) is 12.8 Å². The summed E-state index contributed by atoms with van der Waals surface area (Å²) in [5.41, 5.74) is 1.31. The second-order valence-corrected chi connectivity index (χ2v) is 5.82. The van der Waals surface area contributed by atoms with E-state index in [1.807, 2.05) is 12.1 Å². The monoisotopic (exact) mass is 293 g/mol. The molecule has 0 aliphatic carbocycles. The fraction of sp³-hybridized carbons (Fsp3) is 0.588. The number of nitrogens with zero attached hydrogens (tertiary/aromatic N) is 1. The van der Waals surface area contributed by atoms with Crippen LogP contribution in [0.25, 0.3) is 0 Å². The molecule has 0 radical (unpaired) electrons. The van der Waals surface area contributed by atoms with Crippen LogP contribution in [-0.2, 0) is 4.79 Å². The third kappa shape index (κ3) is 6.17. The number of carboxylic acid groups (broad SMARTS) is 1. The Kier molecular flexibility index (Phi) is 7.23. The molecule has 1 aliphatic rings. The Labute approximate surface area is 127 Å². The van der Waals surface area contributed by atoms with Gasteiger partial charge in [-0.25, -0.2) is 0 Å². The van der Waals surface area contributed by atoms with E-state index >= 15 is 0 Å². The summed E-state index contributed by atoms with van der Waals surface area (Å²) in [6.07, 6.45) is 3.72. The van der Waals surface area contributed by atoms with Gasteiger partial charge in [-0.05, 0) is 56.0 Å². The summed E-state index contributed by atoms with van der Waals surface area (Å²) < 4.78 is 0. The van der Waals surface area contributed by atoms with Crippen molar-refractivity contribution in [3.05, 3.63) is 29.8 Å². The minimum absolute atomic E-state index is 0.398. The summed E-state index contributed by atoms with van der Waals surface area (Å²) in [4.78, 5) is 11.4. The van der Waals surface area contributed by atoms with Crippen molar-refractivity contribution in [1.29, 1.82) is 0 Å². The average molecular weight is 293 g/mol. The standard InChI is InChI=1S/C15H23NO.C2H4O2/c1-3-5-15(13-8-9-16(2)11-13)12-6-4-7-14(17)10-12;1-2(3)4/h4,6-7,10,13,15,17H,3,5,8-9,11H2,1-2H3;1H3,(H,3,4). The number of benzene rings is 1. The van der Waals surface area contributed by atoms with Crippen LogP contribution in [0.4, 0.5) is 0 Å². The van der Waals surface area contributed by atoms with Gasteiger partial charge in [0.15, 0.2) is 0 Å². The molecule has 1 aliphatic heterocycles. The van der Waals surface area contributed by atoms with Gasteiger partial charge in [0.05, 0.1) is 0 Å². The number of aromatic hydroxyl groups is 1. The van der Waals surface area contributed by atoms with Gasteiger partial charge in [0.1, 0.15) is 5.75 Å². The van der Waals surface area contributed by atoms with Crippen LogP contribution >= 0.6 is 0 Å². The van der Waals surface area contributed by atoms with Crippen molar-refractivity contribution in [2.75, 3.05) is 20.1 Å². The molecule has 2 N–H and O–H groups in total. The van der Waals surface area contributed by atoms with E-state index in [1.54, 1.807) is 6.07 Å². The Bertz CT molecular complexity index is 443. The van der Waals surface area contributed by atoms with Crippen molar-refractivity contribution in [3.8, 4) is 5.75 Å². The number of phenols is 1. The van der Waals surface area contributed by atoms with Crippen molar-refractivity contribution in [2.45, 2.75) is 39.0 Å². The van der Waals surface area contributed by atoms with Crippen LogP contribution in [0.3, 0.4) is 0 Å². The number of phenolic OH excluding ortho intramolecular Hbond substituents is 1. The normalized spacial score (nSPS) is 19.7. The summed E-state index contributed by atoms with van der Waals surface area (Å²) in [6.45, 7) is 5.73. The van der Waals surface area contributed by atoms with Gasteiger partial charge in [0, 0.05) is 13.5 Å². The van der Waals surface area contributed by atoms with E-state index < -0.39 is 5.97 Å². The highest BCUT2D eigenvalue weighted by Gasteiger charge is 2.28. The SMILES string of the molecule is CC(=O)O.CCCC(c1cccc(O)c1)C1CCN(C)C1. The molecule has 0 amide bonds. The number of hydrogen-bond acceptors (Lipinski definition) is 3. The van der Waals surface area contributed by atoms with E-state index in [-0.39, 0.29) is 0 Å². The number of likely N-dealkylation sites (tertiary alicyclic amines) is 1. The predicted octanol–water partition coefficient (Wildman–Crippen LogP) is 3.32. The van der Waals surface area contributed by atoms with Crippen molar-refractivity contribution in [3.63, 3.8) is 0 Å². The Balaban J connectivity index is 0.000000491. The van der Waals surface area contributed by atoms with E-state index in [4.69, 9.17) is 9.90 Å². The first-order valence-corrected chi connectivity index (χ1v) is 7.61. The fourth-order valence-corrected chi connectivity index (χ4v) is 3.04. The number of hydrogen-bond donors (Lipinski definition) is 2. The topological polar surface area (TPSA) is 60.8 Å². The van der Waals surface area contributed by atoms with E-state index in [0.29, 0.717) is 11.7 Å². The first-order chi connectivity index (χ1) is 9.93. The van der Waals surface area contributed by atoms with Crippen molar-refractivity contribution in [2.24, 2.45) is 5.92 Å². The number of carbonyl (C=O) groups is 1. The molecule has 4 heteroatoms. The molecule has 0 aromatic heterocycles. The van der Waals surface area contributed by atoms with Crippen molar-refractivity contribution in [1.82, 2.24) is 4.90 Å². The lowest BCUT2D eigenvalue weighted by Gasteiger charge is -2.23.